The van der Waals surface area contributed by atoms with E-state index in [9.17, 15) is 18.0 Å². The van der Waals surface area contributed by atoms with Crippen LogP contribution in [0, 0.1) is 6.92 Å². The molecule has 1 aliphatic heterocycles. The van der Waals surface area contributed by atoms with Gasteiger partial charge in [0.1, 0.15) is 12.2 Å². The second-order valence-electron chi connectivity index (χ2n) is 7.75. The minimum absolute atomic E-state index is 0.00404. The molecule has 9 heteroatoms. The van der Waals surface area contributed by atoms with Crippen LogP contribution in [0.15, 0.2) is 41.3 Å². The molecule has 1 unspecified atom stereocenters. The van der Waals surface area contributed by atoms with Crippen molar-refractivity contribution in [2.24, 2.45) is 0 Å². The SMILES string of the molecule is CC(=O)O[C@H](COS(=O)(=O)c1ccc(C)cc1)C1C=CCN1C(=O)OC(C)(C)C. The highest BCUT2D eigenvalue weighted by atomic mass is 32.2. The summed E-state index contributed by atoms with van der Waals surface area (Å²) in [6, 6.07) is 5.48. The Hall–Kier alpha value is -2.39. The quantitative estimate of drug-likeness (QED) is 0.392. The first kappa shape index (κ1) is 22.9. The topological polar surface area (TPSA) is 99.2 Å². The predicted molar refractivity (Wildman–Crippen MR) is 106 cm³/mol. The normalized spacial score (nSPS) is 17.8. The van der Waals surface area contributed by atoms with Crippen molar-refractivity contribution in [3.63, 3.8) is 0 Å². The van der Waals surface area contributed by atoms with Gasteiger partial charge in [-0.1, -0.05) is 29.8 Å². The lowest BCUT2D eigenvalue weighted by atomic mass is 10.1. The number of ether oxygens (including phenoxy) is 2. The zero-order valence-electron chi connectivity index (χ0n) is 17.2. The van der Waals surface area contributed by atoms with Crippen molar-refractivity contribution in [1.29, 1.82) is 0 Å². The first-order valence-corrected chi connectivity index (χ1v) is 10.6. The molecule has 0 bridgehead atoms. The van der Waals surface area contributed by atoms with Gasteiger partial charge in [-0.05, 0) is 39.8 Å². The van der Waals surface area contributed by atoms with Crippen LogP contribution in [0.1, 0.15) is 33.3 Å². The molecule has 29 heavy (non-hydrogen) atoms. The average Bonchev–Trinajstić information content (AvgIpc) is 3.07. The predicted octanol–water partition coefficient (Wildman–Crippen LogP) is 2.81. The Morgan fingerprint density at radius 1 is 1.21 bits per heavy atom. The van der Waals surface area contributed by atoms with Crippen molar-refractivity contribution in [3.05, 3.63) is 42.0 Å². The summed E-state index contributed by atoms with van der Waals surface area (Å²) in [5.41, 5.74) is 0.206. The van der Waals surface area contributed by atoms with Crippen LogP contribution in [0.4, 0.5) is 4.79 Å². The lowest BCUT2D eigenvalue weighted by Crippen LogP contribution is -2.48. The van der Waals surface area contributed by atoms with Crippen molar-refractivity contribution in [2.75, 3.05) is 13.2 Å². The lowest BCUT2D eigenvalue weighted by molar-refractivity contribution is -0.150. The Balaban J connectivity index is 2.16. The number of esters is 1. The molecule has 0 saturated heterocycles. The van der Waals surface area contributed by atoms with Crippen LogP contribution in [0.25, 0.3) is 0 Å². The van der Waals surface area contributed by atoms with Crippen molar-refractivity contribution in [3.8, 4) is 0 Å². The van der Waals surface area contributed by atoms with E-state index in [-0.39, 0.29) is 11.4 Å². The van der Waals surface area contributed by atoms with Crippen molar-refractivity contribution < 1.29 is 31.7 Å². The van der Waals surface area contributed by atoms with Crippen molar-refractivity contribution in [2.45, 2.75) is 57.3 Å². The van der Waals surface area contributed by atoms with Crippen LogP contribution in [0.2, 0.25) is 0 Å². The molecule has 0 fully saturated rings. The van der Waals surface area contributed by atoms with Gasteiger partial charge in [-0.3, -0.25) is 13.9 Å². The van der Waals surface area contributed by atoms with Gasteiger partial charge in [0.15, 0.2) is 6.10 Å². The van der Waals surface area contributed by atoms with E-state index in [0.717, 1.165) is 5.56 Å². The molecule has 2 atom stereocenters. The molecule has 0 aromatic heterocycles. The number of carbonyl (C=O) groups is 2. The van der Waals surface area contributed by atoms with E-state index in [1.165, 1.54) is 24.0 Å². The van der Waals surface area contributed by atoms with Gasteiger partial charge >= 0.3 is 12.1 Å². The third-order valence-corrected chi connectivity index (χ3v) is 5.31. The van der Waals surface area contributed by atoms with Gasteiger partial charge in [0.25, 0.3) is 10.1 Å². The van der Waals surface area contributed by atoms with Crippen LogP contribution < -0.4 is 0 Å². The number of amides is 1. The average molecular weight is 426 g/mol. The Kier molecular flexibility index (Phi) is 7.07. The summed E-state index contributed by atoms with van der Waals surface area (Å²) in [5.74, 6) is -0.615. The van der Waals surface area contributed by atoms with Crippen LogP contribution in [0.3, 0.4) is 0 Å². The molecular weight excluding hydrogens is 398 g/mol. The summed E-state index contributed by atoms with van der Waals surface area (Å²) in [7, 11) is -4.05. The molecule has 2 rings (SSSR count). The maximum absolute atomic E-state index is 12.5. The fourth-order valence-electron chi connectivity index (χ4n) is 2.73. The van der Waals surface area contributed by atoms with Crippen molar-refractivity contribution >= 4 is 22.2 Å². The largest absolute Gasteiger partial charge is 0.457 e. The fraction of sp³-hybridized carbons (Fsp3) is 0.500. The van der Waals surface area contributed by atoms with Gasteiger partial charge in [0.2, 0.25) is 0 Å². The van der Waals surface area contributed by atoms with Gasteiger partial charge in [-0.15, -0.1) is 0 Å². The second-order valence-corrected chi connectivity index (χ2v) is 9.37. The summed E-state index contributed by atoms with van der Waals surface area (Å²) < 4.78 is 40.7. The van der Waals surface area contributed by atoms with Crippen LogP contribution in [-0.2, 0) is 28.6 Å². The Morgan fingerprint density at radius 2 is 1.83 bits per heavy atom. The third kappa shape index (κ3) is 6.57. The summed E-state index contributed by atoms with van der Waals surface area (Å²) in [5, 5.41) is 0. The summed E-state index contributed by atoms with van der Waals surface area (Å²) in [6.07, 6.45) is 1.78. The Labute approximate surface area is 171 Å². The van der Waals surface area contributed by atoms with E-state index in [2.05, 4.69) is 0 Å². The number of hydrogen-bond acceptors (Lipinski definition) is 7. The highest BCUT2D eigenvalue weighted by molar-refractivity contribution is 7.86. The van der Waals surface area contributed by atoms with E-state index in [0.29, 0.717) is 0 Å². The van der Waals surface area contributed by atoms with Gasteiger partial charge < -0.3 is 9.47 Å². The van der Waals surface area contributed by atoms with E-state index >= 15 is 0 Å². The molecule has 0 spiro atoms. The number of hydrogen-bond donors (Lipinski definition) is 0. The number of aryl methyl sites for hydroxylation is 1. The highest BCUT2D eigenvalue weighted by Crippen LogP contribution is 2.22. The maximum atomic E-state index is 12.5. The second kappa shape index (κ2) is 8.96. The molecule has 0 N–H and O–H groups in total. The summed E-state index contributed by atoms with van der Waals surface area (Å²) in [6.45, 7) is 8.08. The van der Waals surface area contributed by atoms with E-state index < -0.39 is 46.5 Å². The third-order valence-electron chi connectivity index (χ3n) is 4.02. The Bertz CT molecular complexity index is 869. The van der Waals surface area contributed by atoms with Gasteiger partial charge in [-0.25, -0.2) is 4.79 Å². The highest BCUT2D eigenvalue weighted by Gasteiger charge is 2.37. The van der Waals surface area contributed by atoms with Crippen LogP contribution in [0.5, 0.6) is 0 Å². The molecule has 160 valence electrons. The van der Waals surface area contributed by atoms with E-state index in [1.54, 1.807) is 45.1 Å². The fourth-order valence-corrected chi connectivity index (χ4v) is 3.64. The molecule has 0 saturated carbocycles. The molecule has 1 aromatic rings. The number of benzene rings is 1. The monoisotopic (exact) mass is 425 g/mol. The van der Waals surface area contributed by atoms with E-state index in [4.69, 9.17) is 13.7 Å². The zero-order valence-corrected chi connectivity index (χ0v) is 18.1. The minimum Gasteiger partial charge on any atom is -0.457 e. The summed E-state index contributed by atoms with van der Waals surface area (Å²) in [4.78, 5) is 25.4. The number of nitrogens with zero attached hydrogens (tertiary/aromatic N) is 1. The van der Waals surface area contributed by atoms with Gasteiger partial charge in [0.05, 0.1) is 10.9 Å². The first-order valence-electron chi connectivity index (χ1n) is 9.19. The van der Waals surface area contributed by atoms with E-state index in [1.807, 2.05) is 6.92 Å². The molecule has 1 aromatic carbocycles. The van der Waals surface area contributed by atoms with Crippen LogP contribution in [-0.4, -0.2) is 56.3 Å². The summed E-state index contributed by atoms with van der Waals surface area (Å²) >= 11 is 0. The minimum atomic E-state index is -4.05. The number of rotatable bonds is 6. The van der Waals surface area contributed by atoms with Crippen LogP contribution >= 0.6 is 0 Å². The molecule has 1 heterocycles. The van der Waals surface area contributed by atoms with Gasteiger partial charge in [0, 0.05) is 13.5 Å². The smallest absolute Gasteiger partial charge is 0.411 e. The van der Waals surface area contributed by atoms with Gasteiger partial charge in [-0.2, -0.15) is 8.42 Å². The van der Waals surface area contributed by atoms with Crippen molar-refractivity contribution in [1.82, 2.24) is 4.90 Å². The molecule has 0 aliphatic carbocycles. The standard InChI is InChI=1S/C20H27NO7S/c1-14-8-10-16(11-9-14)29(24,25)26-13-18(27-15(2)22)17-7-6-12-21(17)19(23)28-20(3,4)5/h6-11,17-18H,12-13H2,1-5H3/t17?,18-/m1/s1. The molecule has 8 nitrogen and oxygen atoms in total. The molecule has 0 radical (unpaired) electrons. The number of carbonyl (C=O) groups excluding carboxylic acids is 2. The Morgan fingerprint density at radius 3 is 2.38 bits per heavy atom. The molecule has 1 aliphatic rings. The zero-order chi connectivity index (χ0) is 21.8. The molecule has 1 amide bonds. The molecular formula is C20H27NO7S. The first-order chi connectivity index (χ1) is 13.4. The lowest BCUT2D eigenvalue weighted by Gasteiger charge is -2.32. The maximum Gasteiger partial charge on any atom is 0.411 e.